The normalized spacial score (nSPS) is 28.0. The van der Waals surface area contributed by atoms with Gasteiger partial charge in [-0.3, -0.25) is 4.79 Å². The van der Waals surface area contributed by atoms with Gasteiger partial charge in [0.15, 0.2) is 5.78 Å². The van der Waals surface area contributed by atoms with Gasteiger partial charge in [-0.1, -0.05) is 45.4 Å². The zero-order valence-corrected chi connectivity index (χ0v) is 13.9. The molecule has 21 heavy (non-hydrogen) atoms. The molecule has 1 aromatic carbocycles. The second kappa shape index (κ2) is 5.67. The van der Waals surface area contributed by atoms with Gasteiger partial charge in [-0.15, -0.1) is 0 Å². The first-order chi connectivity index (χ1) is 9.77. The highest BCUT2D eigenvalue weighted by Gasteiger charge is 2.52. The Hall–Kier alpha value is -1.57. The van der Waals surface area contributed by atoms with Crippen molar-refractivity contribution < 1.29 is 4.79 Å². The zero-order chi connectivity index (χ0) is 15.7. The molecule has 0 spiro atoms. The molecule has 1 saturated carbocycles. The van der Waals surface area contributed by atoms with Crippen molar-refractivity contribution in [1.29, 1.82) is 0 Å². The second-order valence-corrected chi connectivity index (χ2v) is 7.20. The Labute approximate surface area is 128 Å². The molecule has 2 rings (SSSR count). The molecule has 0 bridgehead atoms. The average molecular weight is 285 g/mol. The van der Waals surface area contributed by atoms with Crippen molar-refractivity contribution >= 4 is 11.5 Å². The van der Waals surface area contributed by atoms with E-state index in [1.54, 1.807) is 12.3 Å². The molecule has 1 aliphatic carbocycles. The van der Waals surface area contributed by atoms with Gasteiger partial charge in [0.25, 0.3) is 0 Å². The molecule has 1 fully saturated rings. The predicted octanol–water partition coefficient (Wildman–Crippen LogP) is 4.95. The maximum atomic E-state index is 12.6. The monoisotopic (exact) mass is 285 g/mol. The minimum absolute atomic E-state index is 0.0539. The van der Waals surface area contributed by atoms with Crippen LogP contribution in [0.2, 0.25) is 0 Å². The first kappa shape index (κ1) is 15.8. The molecule has 0 radical (unpaired) electrons. The number of benzene rings is 1. The molecule has 0 heterocycles. The van der Waals surface area contributed by atoms with Crippen molar-refractivity contribution in [1.82, 2.24) is 0 Å². The second-order valence-electron chi connectivity index (χ2n) is 7.20. The van der Waals surface area contributed by atoms with Crippen molar-refractivity contribution in [3.05, 3.63) is 42.1 Å². The first-order valence-corrected chi connectivity index (χ1v) is 7.81. The largest absolute Gasteiger partial charge is 0.362 e. The van der Waals surface area contributed by atoms with Gasteiger partial charge in [-0.05, 0) is 49.3 Å². The van der Waals surface area contributed by atoms with Gasteiger partial charge in [0.05, 0.1) is 0 Å². The number of allylic oxidation sites excluding steroid dienone is 1. The predicted molar refractivity (Wildman–Crippen MR) is 89.2 cm³/mol. The Morgan fingerprint density at radius 3 is 2.38 bits per heavy atom. The molecule has 0 saturated heterocycles. The lowest BCUT2D eigenvalue weighted by Crippen LogP contribution is -2.39. The standard InChI is InChI=1S/C19H27NO/c1-14-6-8-16(9-7-14)20-13-11-17(21)19(5)12-10-15(2)18(19,3)4/h6-9,11,13,15,20H,10,12H2,1-5H3/b13-11+/t15-,19+/m1/s1. The van der Waals surface area contributed by atoms with E-state index >= 15 is 0 Å². The van der Waals surface area contributed by atoms with Crippen LogP contribution in [-0.4, -0.2) is 5.78 Å². The molecule has 2 atom stereocenters. The van der Waals surface area contributed by atoms with E-state index in [2.05, 4.69) is 52.1 Å². The van der Waals surface area contributed by atoms with Crippen molar-refractivity contribution in [2.75, 3.05) is 5.32 Å². The summed E-state index contributed by atoms with van der Waals surface area (Å²) >= 11 is 0. The van der Waals surface area contributed by atoms with E-state index in [0.29, 0.717) is 5.92 Å². The summed E-state index contributed by atoms with van der Waals surface area (Å²) in [7, 11) is 0. The number of aryl methyl sites for hydroxylation is 1. The van der Waals surface area contributed by atoms with E-state index in [1.165, 1.54) is 5.56 Å². The third kappa shape index (κ3) is 2.90. The summed E-state index contributed by atoms with van der Waals surface area (Å²) in [6, 6.07) is 8.16. The number of hydrogen-bond donors (Lipinski definition) is 1. The van der Waals surface area contributed by atoms with Gasteiger partial charge in [-0.25, -0.2) is 0 Å². The third-order valence-corrected chi connectivity index (χ3v) is 5.81. The summed E-state index contributed by atoms with van der Waals surface area (Å²) in [6.07, 6.45) is 5.60. The number of ketones is 1. The van der Waals surface area contributed by atoms with E-state index in [4.69, 9.17) is 0 Å². The van der Waals surface area contributed by atoms with Crippen LogP contribution in [0.15, 0.2) is 36.5 Å². The maximum Gasteiger partial charge on any atom is 0.163 e. The maximum absolute atomic E-state index is 12.6. The molecule has 114 valence electrons. The zero-order valence-electron chi connectivity index (χ0n) is 13.9. The molecule has 0 unspecified atom stereocenters. The Balaban J connectivity index is 2.04. The van der Waals surface area contributed by atoms with E-state index in [9.17, 15) is 4.79 Å². The van der Waals surface area contributed by atoms with Crippen molar-refractivity contribution in [2.45, 2.75) is 47.5 Å². The molecule has 2 heteroatoms. The topological polar surface area (TPSA) is 29.1 Å². The smallest absolute Gasteiger partial charge is 0.163 e. The minimum atomic E-state index is -0.252. The SMILES string of the molecule is Cc1ccc(N/C=C/C(=O)[C@]2(C)CC[C@@H](C)C2(C)C)cc1. The molecule has 2 nitrogen and oxygen atoms in total. The van der Waals surface area contributed by atoms with Crippen LogP contribution in [0.1, 0.15) is 46.1 Å². The van der Waals surface area contributed by atoms with E-state index in [1.807, 2.05) is 12.1 Å². The van der Waals surface area contributed by atoms with Crippen LogP contribution in [0, 0.1) is 23.7 Å². The van der Waals surface area contributed by atoms with Crippen molar-refractivity contribution in [3.8, 4) is 0 Å². The molecule has 0 aromatic heterocycles. The van der Waals surface area contributed by atoms with Crippen LogP contribution in [0.25, 0.3) is 0 Å². The highest BCUT2D eigenvalue weighted by molar-refractivity contribution is 5.95. The van der Waals surface area contributed by atoms with Crippen LogP contribution >= 0.6 is 0 Å². The number of nitrogens with one attached hydrogen (secondary N) is 1. The molecular weight excluding hydrogens is 258 g/mol. The van der Waals surface area contributed by atoms with E-state index < -0.39 is 0 Å². The van der Waals surface area contributed by atoms with Crippen LogP contribution in [0.4, 0.5) is 5.69 Å². The highest BCUT2D eigenvalue weighted by Crippen LogP contribution is 2.56. The molecule has 0 aliphatic heterocycles. The summed E-state index contributed by atoms with van der Waals surface area (Å²) in [5, 5.41) is 3.18. The van der Waals surface area contributed by atoms with Gasteiger partial charge < -0.3 is 5.32 Å². The Kier molecular flexibility index (Phi) is 4.27. The summed E-state index contributed by atoms with van der Waals surface area (Å²) in [5.74, 6) is 0.821. The van der Waals surface area contributed by atoms with Gasteiger partial charge in [-0.2, -0.15) is 0 Å². The van der Waals surface area contributed by atoms with Gasteiger partial charge >= 0.3 is 0 Å². The van der Waals surface area contributed by atoms with Crippen LogP contribution in [0.3, 0.4) is 0 Å². The first-order valence-electron chi connectivity index (χ1n) is 7.81. The fourth-order valence-electron chi connectivity index (χ4n) is 3.22. The molecule has 1 aromatic rings. The van der Waals surface area contributed by atoms with E-state index in [0.717, 1.165) is 18.5 Å². The molecular formula is C19H27NO. The third-order valence-electron chi connectivity index (χ3n) is 5.81. The minimum Gasteiger partial charge on any atom is -0.362 e. The van der Waals surface area contributed by atoms with Gasteiger partial charge in [0.1, 0.15) is 0 Å². The highest BCUT2D eigenvalue weighted by atomic mass is 16.1. The van der Waals surface area contributed by atoms with Gasteiger partial charge in [0, 0.05) is 17.3 Å². The Bertz CT molecular complexity index is 541. The summed E-state index contributed by atoms with van der Waals surface area (Å²) in [5.41, 5.74) is 2.04. The molecule has 1 N–H and O–H groups in total. The molecule has 0 amide bonds. The lowest BCUT2D eigenvalue weighted by atomic mass is 9.64. The number of carbonyl (C=O) groups is 1. The number of hydrogen-bond acceptors (Lipinski definition) is 2. The summed E-state index contributed by atoms with van der Waals surface area (Å²) in [4.78, 5) is 12.6. The Morgan fingerprint density at radius 2 is 1.86 bits per heavy atom. The average Bonchev–Trinajstić information content (AvgIpc) is 2.65. The fourth-order valence-corrected chi connectivity index (χ4v) is 3.22. The van der Waals surface area contributed by atoms with Crippen molar-refractivity contribution in [3.63, 3.8) is 0 Å². The quantitative estimate of drug-likeness (QED) is 0.793. The van der Waals surface area contributed by atoms with Crippen LogP contribution in [0.5, 0.6) is 0 Å². The number of rotatable bonds is 4. The summed E-state index contributed by atoms with van der Waals surface area (Å²) < 4.78 is 0. The van der Waals surface area contributed by atoms with Crippen molar-refractivity contribution in [2.24, 2.45) is 16.7 Å². The van der Waals surface area contributed by atoms with Crippen LogP contribution in [-0.2, 0) is 4.79 Å². The summed E-state index contributed by atoms with van der Waals surface area (Å²) in [6.45, 7) is 10.9. The lowest BCUT2D eigenvalue weighted by molar-refractivity contribution is -0.128. The number of carbonyl (C=O) groups excluding carboxylic acids is 1. The van der Waals surface area contributed by atoms with E-state index in [-0.39, 0.29) is 16.6 Å². The van der Waals surface area contributed by atoms with Crippen LogP contribution < -0.4 is 5.32 Å². The van der Waals surface area contributed by atoms with Gasteiger partial charge in [0.2, 0.25) is 0 Å². The Morgan fingerprint density at radius 1 is 1.24 bits per heavy atom. The lowest BCUT2D eigenvalue weighted by Gasteiger charge is -2.39. The fraction of sp³-hybridized carbons (Fsp3) is 0.526. The number of anilines is 1. The molecule has 1 aliphatic rings.